The van der Waals surface area contributed by atoms with Gasteiger partial charge in [-0.3, -0.25) is 9.59 Å². The van der Waals surface area contributed by atoms with Gasteiger partial charge in [0.1, 0.15) is 16.6 Å². The minimum absolute atomic E-state index is 0.133. The number of carbonyl (C=O) groups is 2. The van der Waals surface area contributed by atoms with Crippen LogP contribution in [0, 0.1) is 44.9 Å². The first-order valence-corrected chi connectivity index (χ1v) is 18.9. The molecule has 6 heteroatoms. The van der Waals surface area contributed by atoms with Gasteiger partial charge < -0.3 is 20.8 Å². The molecule has 0 aliphatic heterocycles. The molecule has 5 rings (SSSR count). The fraction of sp³-hybridized carbons (Fsp3) is 0.435. The highest BCUT2D eigenvalue weighted by molar-refractivity contribution is 6.06. The second-order valence-corrected chi connectivity index (χ2v) is 16.2. The molecule has 6 nitrogen and oxygen atoms in total. The Hall–Kier alpha value is -4.26. The lowest BCUT2D eigenvalue weighted by atomic mass is 9.66. The molecule has 4 aromatic carbocycles. The molecule has 4 N–H and O–H groups in total. The summed E-state index contributed by atoms with van der Waals surface area (Å²) in [4.78, 5) is 29.4. The van der Waals surface area contributed by atoms with Gasteiger partial charge in [0.25, 0.3) is 0 Å². The largest absolute Gasteiger partial charge is 0.378 e. The summed E-state index contributed by atoms with van der Waals surface area (Å²) >= 11 is 0. The van der Waals surface area contributed by atoms with Crippen molar-refractivity contribution < 1.29 is 19.8 Å². The zero-order chi connectivity index (χ0) is 37.8. The summed E-state index contributed by atoms with van der Waals surface area (Å²) in [7, 11) is 0. The van der Waals surface area contributed by atoms with Crippen molar-refractivity contribution in [1.82, 2.24) is 10.6 Å². The van der Waals surface area contributed by atoms with E-state index in [-0.39, 0.29) is 11.8 Å². The number of aliphatic hydroxyl groups is 2. The molecule has 1 fully saturated rings. The van der Waals surface area contributed by atoms with Crippen LogP contribution in [0.4, 0.5) is 0 Å². The summed E-state index contributed by atoms with van der Waals surface area (Å²) in [5.74, 6) is -0.518. The maximum absolute atomic E-state index is 14.7. The average Bonchev–Trinajstić information content (AvgIpc) is 3.07. The van der Waals surface area contributed by atoms with Gasteiger partial charge in [-0.25, -0.2) is 0 Å². The topological polar surface area (TPSA) is 98.7 Å². The molecule has 0 spiro atoms. The Morgan fingerprint density at radius 3 is 0.981 bits per heavy atom. The van der Waals surface area contributed by atoms with Gasteiger partial charge >= 0.3 is 0 Å². The highest BCUT2D eigenvalue weighted by atomic mass is 16.3. The summed E-state index contributed by atoms with van der Waals surface area (Å²) in [6, 6.07) is 29.7. The van der Waals surface area contributed by atoms with Gasteiger partial charge in [-0.1, -0.05) is 153 Å². The van der Waals surface area contributed by atoms with Crippen LogP contribution in [0.3, 0.4) is 0 Å². The third kappa shape index (κ3) is 7.89. The zero-order valence-corrected chi connectivity index (χ0v) is 32.3. The van der Waals surface area contributed by atoms with E-state index >= 15 is 0 Å². The molecule has 0 radical (unpaired) electrons. The molecule has 52 heavy (non-hydrogen) atoms. The SMILES string of the molecule is Cc1ccc(C(O)(c2ccc(C)cc2)[C@@H](CC(C)C)NC(=O)C2(C(=O)N[C@H](CC(C)C)C(O)(c3ccc(C)cc3)c3ccc(C)cc3)CCC2)cc1. The molecule has 2 atom stereocenters. The molecular weight excluding hydrogens is 645 g/mol. The highest BCUT2D eigenvalue weighted by Gasteiger charge is 2.54. The van der Waals surface area contributed by atoms with Gasteiger partial charge in [-0.2, -0.15) is 0 Å². The number of nitrogens with one attached hydrogen (secondary N) is 2. The molecule has 0 bridgehead atoms. The summed E-state index contributed by atoms with van der Waals surface area (Å²) < 4.78 is 0. The Morgan fingerprint density at radius 1 is 0.538 bits per heavy atom. The van der Waals surface area contributed by atoms with E-state index in [2.05, 4.69) is 38.3 Å². The quantitative estimate of drug-likeness (QED) is 0.0994. The summed E-state index contributed by atoms with van der Waals surface area (Å²) in [6.45, 7) is 16.3. The van der Waals surface area contributed by atoms with Crippen molar-refractivity contribution >= 4 is 11.8 Å². The fourth-order valence-corrected chi connectivity index (χ4v) is 7.66. The fourth-order valence-electron chi connectivity index (χ4n) is 7.66. The van der Waals surface area contributed by atoms with Gasteiger partial charge in [-0.15, -0.1) is 0 Å². The average molecular weight is 703 g/mol. The third-order valence-corrected chi connectivity index (χ3v) is 11.1. The Kier molecular flexibility index (Phi) is 11.8. The maximum Gasteiger partial charge on any atom is 0.236 e. The van der Waals surface area contributed by atoms with Crippen LogP contribution in [-0.4, -0.2) is 34.1 Å². The molecule has 2 amide bonds. The zero-order valence-electron chi connectivity index (χ0n) is 32.3. The van der Waals surface area contributed by atoms with E-state index in [1.54, 1.807) is 0 Å². The molecule has 1 aliphatic carbocycles. The Bertz CT molecular complexity index is 1580. The van der Waals surface area contributed by atoms with E-state index in [4.69, 9.17) is 0 Å². The maximum atomic E-state index is 14.7. The van der Waals surface area contributed by atoms with Crippen LogP contribution in [-0.2, 0) is 20.8 Å². The van der Waals surface area contributed by atoms with Crippen molar-refractivity contribution in [1.29, 1.82) is 0 Å². The summed E-state index contributed by atoms with van der Waals surface area (Å²) in [5.41, 5.74) is 2.53. The summed E-state index contributed by atoms with van der Waals surface area (Å²) in [5, 5.41) is 32.3. The molecule has 1 saturated carbocycles. The van der Waals surface area contributed by atoms with Gasteiger partial charge in [0, 0.05) is 0 Å². The van der Waals surface area contributed by atoms with Gasteiger partial charge in [0.05, 0.1) is 12.1 Å². The number of hydrogen-bond acceptors (Lipinski definition) is 4. The Balaban J connectivity index is 1.54. The van der Waals surface area contributed by atoms with Crippen LogP contribution in [0.15, 0.2) is 97.1 Å². The second-order valence-electron chi connectivity index (χ2n) is 16.2. The van der Waals surface area contributed by atoms with E-state index < -0.39 is 40.5 Å². The van der Waals surface area contributed by atoms with E-state index in [9.17, 15) is 19.8 Å². The number of benzene rings is 4. The van der Waals surface area contributed by atoms with Crippen molar-refractivity contribution in [2.75, 3.05) is 0 Å². The molecule has 4 aromatic rings. The van der Waals surface area contributed by atoms with Gasteiger partial charge in [0.15, 0.2) is 0 Å². The third-order valence-electron chi connectivity index (χ3n) is 11.1. The number of aryl methyl sites for hydroxylation is 4. The van der Waals surface area contributed by atoms with Crippen LogP contribution >= 0.6 is 0 Å². The molecule has 0 saturated heterocycles. The standard InChI is InChI=1S/C46H58N2O4/c1-30(2)28-40(45(51,36-18-10-32(5)11-19-36)37-20-12-33(6)13-21-37)47-42(49)44(26-9-27-44)43(50)48-41(29-31(3)4)46(52,38-22-14-34(7)15-23-38)39-24-16-35(8)17-25-39/h10-25,30-31,40-41,51-52H,9,26-29H2,1-8H3,(H,47,49)(H,48,50)/t40-,41-/m1/s1. The predicted molar refractivity (Wildman–Crippen MR) is 210 cm³/mol. The lowest BCUT2D eigenvalue weighted by Gasteiger charge is -2.45. The molecule has 276 valence electrons. The summed E-state index contributed by atoms with van der Waals surface area (Å²) in [6.07, 6.45) is 2.46. The number of hydrogen-bond donors (Lipinski definition) is 4. The lowest BCUT2D eigenvalue weighted by molar-refractivity contribution is -0.153. The van der Waals surface area contributed by atoms with Crippen LogP contribution in [0.1, 0.15) is 104 Å². The van der Waals surface area contributed by atoms with E-state index in [1.165, 1.54) is 0 Å². The number of rotatable bonds is 14. The van der Waals surface area contributed by atoms with Crippen LogP contribution in [0.5, 0.6) is 0 Å². The molecule has 0 heterocycles. The minimum atomic E-state index is -1.56. The molecular formula is C46H58N2O4. The minimum Gasteiger partial charge on any atom is -0.378 e. The number of amides is 2. The first-order chi connectivity index (χ1) is 24.6. The highest BCUT2D eigenvalue weighted by Crippen LogP contribution is 2.45. The van der Waals surface area contributed by atoms with Crippen LogP contribution in [0.25, 0.3) is 0 Å². The van der Waals surface area contributed by atoms with Crippen molar-refractivity contribution in [2.45, 2.75) is 111 Å². The Morgan fingerprint density at radius 2 is 0.788 bits per heavy atom. The van der Waals surface area contributed by atoms with Crippen LogP contribution < -0.4 is 10.6 Å². The van der Waals surface area contributed by atoms with E-state index in [0.717, 1.165) is 28.7 Å². The lowest BCUT2D eigenvalue weighted by Crippen LogP contribution is -2.63. The smallest absolute Gasteiger partial charge is 0.236 e. The van der Waals surface area contributed by atoms with Crippen molar-refractivity contribution in [3.05, 3.63) is 142 Å². The van der Waals surface area contributed by atoms with Gasteiger partial charge in [0.2, 0.25) is 11.8 Å². The Labute approximate surface area is 311 Å². The van der Waals surface area contributed by atoms with Gasteiger partial charge in [-0.05, 0) is 87.5 Å². The van der Waals surface area contributed by atoms with Crippen LogP contribution in [0.2, 0.25) is 0 Å². The monoisotopic (exact) mass is 702 g/mol. The first kappa shape index (κ1) is 39.0. The van der Waals surface area contributed by atoms with E-state index in [0.29, 0.717) is 47.9 Å². The molecule has 0 unspecified atom stereocenters. The van der Waals surface area contributed by atoms with Crippen molar-refractivity contribution in [3.8, 4) is 0 Å². The predicted octanol–water partition coefficient (Wildman–Crippen LogP) is 8.32. The molecule has 0 aromatic heterocycles. The second kappa shape index (κ2) is 15.8. The van der Waals surface area contributed by atoms with E-state index in [1.807, 2.05) is 125 Å². The van der Waals surface area contributed by atoms with Crippen molar-refractivity contribution in [3.63, 3.8) is 0 Å². The number of carbonyl (C=O) groups excluding carboxylic acids is 2. The molecule has 1 aliphatic rings. The first-order valence-electron chi connectivity index (χ1n) is 18.9. The normalized spacial score (nSPS) is 15.5. The van der Waals surface area contributed by atoms with Crippen molar-refractivity contribution in [2.24, 2.45) is 17.3 Å².